The van der Waals surface area contributed by atoms with Gasteiger partial charge in [-0.3, -0.25) is 0 Å². The molecule has 104 valence electrons. The van der Waals surface area contributed by atoms with E-state index in [4.69, 9.17) is 0 Å². The van der Waals surface area contributed by atoms with E-state index >= 15 is 0 Å². The van der Waals surface area contributed by atoms with Crippen molar-refractivity contribution in [3.8, 4) is 0 Å². The zero-order valence-corrected chi connectivity index (χ0v) is 15.0. The van der Waals surface area contributed by atoms with E-state index in [0.29, 0.717) is 4.83 Å². The highest BCUT2D eigenvalue weighted by molar-refractivity contribution is 9.10. The Kier molecular flexibility index (Phi) is 2.74. The van der Waals surface area contributed by atoms with Crippen molar-refractivity contribution in [2.24, 2.45) is 29.6 Å². The van der Waals surface area contributed by atoms with Gasteiger partial charge in [-0.2, -0.15) is 0 Å². The molecule has 1 heterocycles. The highest BCUT2D eigenvalue weighted by Gasteiger charge is 2.66. The Hall–Kier alpha value is 0.140. The van der Waals surface area contributed by atoms with Crippen LogP contribution in [0.5, 0.6) is 0 Å². The van der Waals surface area contributed by atoms with Gasteiger partial charge < -0.3 is 0 Å². The first-order valence-corrected chi connectivity index (χ1v) is 10.1. The molecule has 3 aliphatic rings. The molecule has 5 unspecified atom stereocenters. The first-order valence-electron chi connectivity index (χ1n) is 7.55. The van der Waals surface area contributed by atoms with Crippen molar-refractivity contribution in [3.63, 3.8) is 0 Å². The van der Waals surface area contributed by atoms with E-state index in [-0.39, 0.29) is 0 Å². The van der Waals surface area contributed by atoms with Gasteiger partial charge in [-0.05, 0) is 87.2 Å². The van der Waals surface area contributed by atoms with Crippen molar-refractivity contribution < 1.29 is 0 Å². The summed E-state index contributed by atoms with van der Waals surface area (Å²) in [7, 11) is 0. The third-order valence-corrected chi connectivity index (χ3v) is 9.09. The van der Waals surface area contributed by atoms with Crippen LogP contribution in [0.25, 0.3) is 10.1 Å². The van der Waals surface area contributed by atoms with Crippen LogP contribution in [-0.4, -0.2) is 0 Å². The first-order chi connectivity index (χ1) is 9.75. The minimum absolute atomic E-state index is 0.573. The van der Waals surface area contributed by atoms with Gasteiger partial charge in [0, 0.05) is 14.0 Å². The summed E-state index contributed by atoms with van der Waals surface area (Å²) in [6.07, 6.45) is 4.57. The SMILES string of the molecule is Brc1cccc2c(C(Br)C3C4C5CCC(C5)C43)csc12. The molecule has 0 aliphatic heterocycles. The molecule has 2 aromatic rings. The predicted molar refractivity (Wildman–Crippen MR) is 92.5 cm³/mol. The van der Waals surface area contributed by atoms with E-state index in [1.807, 2.05) is 11.3 Å². The van der Waals surface area contributed by atoms with Crippen LogP contribution in [0, 0.1) is 29.6 Å². The molecule has 1 aromatic carbocycles. The number of thiophene rings is 1. The summed E-state index contributed by atoms with van der Waals surface area (Å²) < 4.78 is 2.64. The number of hydrogen-bond acceptors (Lipinski definition) is 1. The molecule has 0 N–H and O–H groups in total. The summed E-state index contributed by atoms with van der Waals surface area (Å²) in [6, 6.07) is 6.60. The summed E-state index contributed by atoms with van der Waals surface area (Å²) in [6.45, 7) is 0. The average Bonchev–Trinajstić information content (AvgIpc) is 2.83. The maximum atomic E-state index is 4.07. The molecule has 0 spiro atoms. The molecule has 3 heteroatoms. The summed E-state index contributed by atoms with van der Waals surface area (Å²) >= 11 is 9.63. The van der Waals surface area contributed by atoms with Gasteiger partial charge >= 0.3 is 0 Å². The van der Waals surface area contributed by atoms with Crippen LogP contribution in [0.2, 0.25) is 0 Å². The lowest BCUT2D eigenvalue weighted by molar-refractivity contribution is 0.456. The fraction of sp³-hybridized carbons (Fsp3) is 0.529. The molecular formula is C17H16Br2S. The van der Waals surface area contributed by atoms with E-state index in [2.05, 4.69) is 55.4 Å². The van der Waals surface area contributed by atoms with E-state index < -0.39 is 0 Å². The lowest BCUT2D eigenvalue weighted by Gasteiger charge is -2.14. The van der Waals surface area contributed by atoms with Crippen molar-refractivity contribution in [1.82, 2.24) is 0 Å². The zero-order chi connectivity index (χ0) is 13.4. The Morgan fingerprint density at radius 3 is 2.65 bits per heavy atom. The molecule has 0 radical (unpaired) electrons. The third kappa shape index (κ3) is 1.58. The molecule has 0 saturated heterocycles. The summed E-state index contributed by atoms with van der Waals surface area (Å²) in [5.41, 5.74) is 1.53. The molecule has 0 nitrogen and oxygen atoms in total. The average molecular weight is 412 g/mol. The molecule has 2 bridgehead atoms. The van der Waals surface area contributed by atoms with E-state index in [1.54, 1.807) is 6.42 Å². The fourth-order valence-corrected chi connectivity index (χ4v) is 8.16. The summed E-state index contributed by atoms with van der Waals surface area (Å²) in [4.78, 5) is 0.573. The van der Waals surface area contributed by atoms with Crippen molar-refractivity contribution in [3.05, 3.63) is 33.6 Å². The van der Waals surface area contributed by atoms with Crippen LogP contribution >= 0.6 is 43.2 Å². The molecule has 0 amide bonds. The predicted octanol–water partition coefficient (Wildman–Crippen LogP) is 6.39. The van der Waals surface area contributed by atoms with Crippen LogP contribution < -0.4 is 0 Å². The smallest absolute Gasteiger partial charge is 0.0488 e. The van der Waals surface area contributed by atoms with Crippen LogP contribution in [0.1, 0.15) is 29.7 Å². The number of halogens is 2. The highest BCUT2D eigenvalue weighted by Crippen LogP contribution is 2.73. The molecule has 5 atom stereocenters. The fourth-order valence-electron chi connectivity index (χ4n) is 5.25. The number of fused-ring (bicyclic) bond motifs is 6. The van der Waals surface area contributed by atoms with Crippen LogP contribution in [0.15, 0.2) is 28.1 Å². The Morgan fingerprint density at radius 1 is 1.15 bits per heavy atom. The van der Waals surface area contributed by atoms with E-state index in [9.17, 15) is 0 Å². The molecule has 3 saturated carbocycles. The minimum atomic E-state index is 0.573. The molecule has 3 fully saturated rings. The lowest BCUT2D eigenvalue weighted by atomic mass is 9.97. The summed E-state index contributed by atoms with van der Waals surface area (Å²) in [5, 5.41) is 3.83. The lowest BCUT2D eigenvalue weighted by Crippen LogP contribution is -2.03. The zero-order valence-electron chi connectivity index (χ0n) is 11.1. The number of alkyl halides is 1. The molecular weight excluding hydrogens is 396 g/mol. The van der Waals surface area contributed by atoms with Gasteiger partial charge in [0.15, 0.2) is 0 Å². The van der Waals surface area contributed by atoms with Gasteiger partial charge in [-0.15, -0.1) is 11.3 Å². The first kappa shape index (κ1) is 12.7. The van der Waals surface area contributed by atoms with Crippen LogP contribution in [0.4, 0.5) is 0 Å². The maximum absolute atomic E-state index is 4.07. The quantitative estimate of drug-likeness (QED) is 0.502. The second-order valence-corrected chi connectivity index (χ2v) is 9.50. The largest absolute Gasteiger partial charge is 0.142 e. The monoisotopic (exact) mass is 410 g/mol. The van der Waals surface area contributed by atoms with Gasteiger partial charge in [0.25, 0.3) is 0 Å². The number of benzene rings is 1. The summed E-state index contributed by atoms with van der Waals surface area (Å²) in [5.74, 6) is 5.12. The van der Waals surface area contributed by atoms with E-state index in [0.717, 1.165) is 29.6 Å². The Bertz CT molecular complexity index is 675. The Labute approximate surface area is 140 Å². The normalized spacial score (nSPS) is 39.2. The van der Waals surface area contributed by atoms with Gasteiger partial charge in [0.1, 0.15) is 0 Å². The minimum Gasteiger partial charge on any atom is -0.142 e. The maximum Gasteiger partial charge on any atom is 0.0488 e. The van der Waals surface area contributed by atoms with Crippen molar-refractivity contribution in [1.29, 1.82) is 0 Å². The third-order valence-electron chi connectivity index (χ3n) is 6.01. The molecule has 1 aromatic heterocycles. The molecule has 20 heavy (non-hydrogen) atoms. The van der Waals surface area contributed by atoms with Crippen LogP contribution in [0.3, 0.4) is 0 Å². The van der Waals surface area contributed by atoms with Crippen molar-refractivity contribution >= 4 is 53.3 Å². The second-order valence-electron chi connectivity index (χ2n) is 6.77. The van der Waals surface area contributed by atoms with Gasteiger partial charge in [-0.25, -0.2) is 0 Å². The highest BCUT2D eigenvalue weighted by atomic mass is 79.9. The van der Waals surface area contributed by atoms with Gasteiger partial charge in [0.2, 0.25) is 0 Å². The number of hydrogen-bond donors (Lipinski definition) is 0. The standard InChI is InChI=1S/C17H16Br2S/c18-12-3-1-2-10-11(7-20-17(10)12)16(19)15-13-8-4-5-9(6-8)14(13)15/h1-3,7-9,13-16H,4-6H2. The topological polar surface area (TPSA) is 0 Å². The number of rotatable bonds is 2. The molecule has 3 aliphatic carbocycles. The molecule has 5 rings (SSSR count). The second kappa shape index (κ2) is 4.33. The van der Waals surface area contributed by atoms with Crippen molar-refractivity contribution in [2.75, 3.05) is 0 Å². The van der Waals surface area contributed by atoms with Crippen molar-refractivity contribution in [2.45, 2.75) is 24.1 Å². The Morgan fingerprint density at radius 2 is 1.90 bits per heavy atom. The van der Waals surface area contributed by atoms with Crippen LogP contribution in [-0.2, 0) is 0 Å². The van der Waals surface area contributed by atoms with Gasteiger partial charge in [0.05, 0.1) is 0 Å². The van der Waals surface area contributed by atoms with Gasteiger partial charge in [-0.1, -0.05) is 28.1 Å². The van der Waals surface area contributed by atoms with E-state index in [1.165, 1.54) is 33.0 Å². The Balaban J connectivity index is 1.52.